The molecule has 0 aliphatic carbocycles. The number of rotatable bonds is 3. The van der Waals surface area contributed by atoms with Crippen molar-refractivity contribution in [3.05, 3.63) is 52.8 Å². The second kappa shape index (κ2) is 6.64. The van der Waals surface area contributed by atoms with Crippen LogP contribution in [0.25, 0.3) is 22.0 Å². The molecule has 0 fully saturated rings. The molecule has 0 unspecified atom stereocenters. The fourth-order valence-corrected chi connectivity index (χ4v) is 3.36. The van der Waals surface area contributed by atoms with E-state index in [9.17, 15) is 5.11 Å². The van der Waals surface area contributed by atoms with E-state index in [0.29, 0.717) is 0 Å². The summed E-state index contributed by atoms with van der Waals surface area (Å²) in [5, 5.41) is 10.5. The van der Waals surface area contributed by atoms with Gasteiger partial charge in [0, 0.05) is 12.4 Å². The molecule has 0 saturated carbocycles. The zero-order valence-electron chi connectivity index (χ0n) is 14.3. The first-order chi connectivity index (χ1) is 11.4. The molecule has 3 rings (SSSR count). The minimum atomic E-state index is 0.0451. The first-order valence-corrected chi connectivity index (χ1v) is 8.77. The standard InChI is InChI=1S/C19H20IN3O/c1-11-12(2)18-17(19(23(4)20)22-13(3)21-18)9-16(11)15-7-5-6-14(8-15)10-24/h5-9,24H,10H2,1-4H3. The van der Waals surface area contributed by atoms with E-state index in [2.05, 4.69) is 58.8 Å². The molecular weight excluding hydrogens is 413 g/mol. The molecule has 0 aliphatic heterocycles. The molecule has 0 radical (unpaired) electrons. The summed E-state index contributed by atoms with van der Waals surface area (Å²) in [6.45, 7) is 6.21. The van der Waals surface area contributed by atoms with Gasteiger partial charge in [0.25, 0.3) is 0 Å². The van der Waals surface area contributed by atoms with Gasteiger partial charge in [0.2, 0.25) is 0 Å². The highest BCUT2D eigenvalue weighted by Crippen LogP contribution is 2.35. The van der Waals surface area contributed by atoms with Crippen LogP contribution in [0.4, 0.5) is 5.82 Å². The van der Waals surface area contributed by atoms with Crippen LogP contribution in [0.15, 0.2) is 30.3 Å². The highest BCUT2D eigenvalue weighted by molar-refractivity contribution is 14.1. The maximum Gasteiger partial charge on any atom is 0.148 e. The fourth-order valence-electron chi connectivity index (χ4n) is 2.99. The molecule has 24 heavy (non-hydrogen) atoms. The molecule has 2 aromatic carbocycles. The van der Waals surface area contributed by atoms with Gasteiger partial charge >= 0.3 is 0 Å². The molecule has 1 heterocycles. The van der Waals surface area contributed by atoms with E-state index >= 15 is 0 Å². The lowest BCUT2D eigenvalue weighted by molar-refractivity contribution is 0.282. The number of hydrogen-bond acceptors (Lipinski definition) is 4. The molecule has 124 valence electrons. The van der Waals surface area contributed by atoms with Gasteiger partial charge in [-0.2, -0.15) is 0 Å². The van der Waals surface area contributed by atoms with E-state index in [4.69, 9.17) is 0 Å². The van der Waals surface area contributed by atoms with Crippen LogP contribution in [0.5, 0.6) is 0 Å². The van der Waals surface area contributed by atoms with Gasteiger partial charge < -0.3 is 8.22 Å². The van der Waals surface area contributed by atoms with Crippen LogP contribution in [-0.2, 0) is 6.61 Å². The molecule has 5 heteroatoms. The Labute approximate surface area is 156 Å². The van der Waals surface area contributed by atoms with Crippen molar-refractivity contribution in [1.29, 1.82) is 0 Å². The van der Waals surface area contributed by atoms with Crippen molar-refractivity contribution in [2.24, 2.45) is 0 Å². The minimum Gasteiger partial charge on any atom is -0.392 e. The third kappa shape index (κ3) is 2.98. The van der Waals surface area contributed by atoms with Gasteiger partial charge in [0.1, 0.15) is 11.6 Å². The molecule has 0 amide bonds. The van der Waals surface area contributed by atoms with Crippen LogP contribution in [-0.4, -0.2) is 22.1 Å². The number of anilines is 1. The van der Waals surface area contributed by atoms with E-state index in [1.807, 2.05) is 35.3 Å². The Hall–Kier alpha value is -1.73. The van der Waals surface area contributed by atoms with Crippen molar-refractivity contribution < 1.29 is 5.11 Å². The van der Waals surface area contributed by atoms with Gasteiger partial charge in [-0.15, -0.1) is 0 Å². The van der Waals surface area contributed by atoms with Gasteiger partial charge in [0.05, 0.1) is 35.0 Å². The summed E-state index contributed by atoms with van der Waals surface area (Å²) >= 11 is 2.24. The van der Waals surface area contributed by atoms with Gasteiger partial charge in [-0.1, -0.05) is 18.2 Å². The lowest BCUT2D eigenvalue weighted by Crippen LogP contribution is -2.07. The molecule has 3 aromatic rings. The van der Waals surface area contributed by atoms with Crippen molar-refractivity contribution >= 4 is 39.6 Å². The lowest BCUT2D eigenvalue weighted by atomic mass is 9.93. The van der Waals surface area contributed by atoms with Crippen LogP contribution in [0, 0.1) is 20.8 Å². The van der Waals surface area contributed by atoms with Crippen LogP contribution in [0.1, 0.15) is 22.5 Å². The van der Waals surface area contributed by atoms with Crippen LogP contribution in [0.2, 0.25) is 0 Å². The predicted octanol–water partition coefficient (Wildman–Crippen LogP) is 4.50. The van der Waals surface area contributed by atoms with Crippen LogP contribution < -0.4 is 3.11 Å². The Morgan fingerprint density at radius 2 is 1.83 bits per heavy atom. The van der Waals surface area contributed by atoms with Crippen molar-refractivity contribution in [2.75, 3.05) is 10.2 Å². The zero-order valence-corrected chi connectivity index (χ0v) is 16.4. The Morgan fingerprint density at radius 3 is 2.50 bits per heavy atom. The van der Waals surface area contributed by atoms with E-state index < -0.39 is 0 Å². The van der Waals surface area contributed by atoms with Crippen molar-refractivity contribution in [1.82, 2.24) is 9.97 Å². The van der Waals surface area contributed by atoms with Crippen molar-refractivity contribution in [2.45, 2.75) is 27.4 Å². The Bertz CT molecular complexity index is 922. The van der Waals surface area contributed by atoms with E-state index in [-0.39, 0.29) is 6.61 Å². The minimum absolute atomic E-state index is 0.0451. The van der Waals surface area contributed by atoms with Crippen molar-refractivity contribution in [3.63, 3.8) is 0 Å². The number of nitrogens with zero attached hydrogens (tertiary/aromatic N) is 3. The van der Waals surface area contributed by atoms with Gasteiger partial charge in [0.15, 0.2) is 0 Å². The zero-order chi connectivity index (χ0) is 17.4. The summed E-state index contributed by atoms with van der Waals surface area (Å²) in [4.78, 5) is 9.27. The normalized spacial score (nSPS) is 11.1. The molecule has 0 atom stereocenters. The first kappa shape index (κ1) is 17.1. The molecule has 0 saturated heterocycles. The highest BCUT2D eigenvalue weighted by atomic mass is 127. The maximum atomic E-state index is 9.42. The van der Waals surface area contributed by atoms with E-state index in [1.54, 1.807) is 0 Å². The van der Waals surface area contributed by atoms with Crippen molar-refractivity contribution in [3.8, 4) is 11.1 Å². The number of hydrogen-bond donors (Lipinski definition) is 1. The maximum absolute atomic E-state index is 9.42. The Balaban J connectivity index is 2.35. The molecule has 4 nitrogen and oxygen atoms in total. The number of benzene rings is 2. The van der Waals surface area contributed by atoms with E-state index in [1.165, 1.54) is 11.1 Å². The molecular formula is C19H20IN3O. The smallest absolute Gasteiger partial charge is 0.148 e. The van der Waals surface area contributed by atoms with E-state index in [0.717, 1.165) is 39.2 Å². The lowest BCUT2D eigenvalue weighted by Gasteiger charge is -2.17. The monoisotopic (exact) mass is 433 g/mol. The fraction of sp³-hybridized carbons (Fsp3) is 0.263. The number of fused-ring (bicyclic) bond motifs is 1. The second-order valence-corrected chi connectivity index (χ2v) is 7.45. The molecule has 0 spiro atoms. The number of aromatic nitrogens is 2. The number of aryl methyl sites for hydroxylation is 2. The summed E-state index contributed by atoms with van der Waals surface area (Å²) in [5.74, 6) is 1.69. The van der Waals surface area contributed by atoms with Gasteiger partial charge in [-0.25, -0.2) is 9.97 Å². The number of aliphatic hydroxyl groups excluding tert-OH is 1. The second-order valence-electron chi connectivity index (χ2n) is 6.00. The average Bonchev–Trinajstić information content (AvgIpc) is 2.57. The van der Waals surface area contributed by atoms with Gasteiger partial charge in [-0.3, -0.25) is 0 Å². The third-order valence-corrected chi connectivity index (χ3v) is 4.82. The topological polar surface area (TPSA) is 49.2 Å². The highest BCUT2D eigenvalue weighted by Gasteiger charge is 2.15. The molecule has 0 bridgehead atoms. The van der Waals surface area contributed by atoms with Gasteiger partial charge in [-0.05, 0) is 60.7 Å². The summed E-state index contributed by atoms with van der Waals surface area (Å²) < 4.78 is 2.00. The Morgan fingerprint density at radius 1 is 1.08 bits per heavy atom. The largest absolute Gasteiger partial charge is 0.392 e. The number of aliphatic hydroxyl groups is 1. The molecule has 0 aliphatic rings. The van der Waals surface area contributed by atoms with Crippen LogP contribution in [0.3, 0.4) is 0 Å². The Kier molecular flexibility index (Phi) is 4.73. The molecule has 1 N–H and O–H groups in total. The quantitative estimate of drug-likeness (QED) is 0.488. The SMILES string of the molecule is Cc1nc(N(C)I)c2cc(-c3cccc(CO)c3)c(C)c(C)c2n1. The third-order valence-electron chi connectivity index (χ3n) is 4.36. The summed E-state index contributed by atoms with van der Waals surface area (Å²) in [6, 6.07) is 10.2. The average molecular weight is 433 g/mol. The summed E-state index contributed by atoms with van der Waals surface area (Å²) in [5.41, 5.74) is 6.55. The van der Waals surface area contributed by atoms with Crippen LogP contribution >= 0.6 is 22.9 Å². The predicted molar refractivity (Wildman–Crippen MR) is 108 cm³/mol. The summed E-state index contributed by atoms with van der Waals surface area (Å²) in [7, 11) is 1.99. The number of halogens is 1. The summed E-state index contributed by atoms with van der Waals surface area (Å²) in [6.07, 6.45) is 0. The molecule has 1 aromatic heterocycles. The first-order valence-electron chi connectivity index (χ1n) is 7.80.